The molecule has 2 aromatic heterocycles. The number of anilines is 2. The highest BCUT2D eigenvalue weighted by Crippen LogP contribution is 2.35. The summed E-state index contributed by atoms with van der Waals surface area (Å²) in [5.74, 6) is 0.880. The normalized spacial score (nSPS) is 17.3. The zero-order chi connectivity index (χ0) is 13.5. The first-order valence-electron chi connectivity index (χ1n) is 6.78. The summed E-state index contributed by atoms with van der Waals surface area (Å²) in [4.78, 5) is 4.44. The molecule has 3 N–H and O–H groups in total. The van der Waals surface area contributed by atoms with Crippen LogP contribution in [0.2, 0.25) is 0 Å². The first-order valence-corrected chi connectivity index (χ1v) is 6.78. The van der Waals surface area contributed by atoms with Crippen molar-refractivity contribution < 1.29 is 4.42 Å². The van der Waals surface area contributed by atoms with E-state index < -0.39 is 0 Å². The molecule has 4 heteroatoms. The van der Waals surface area contributed by atoms with Gasteiger partial charge in [0.05, 0.1) is 17.7 Å². The van der Waals surface area contributed by atoms with Crippen molar-refractivity contribution in [1.82, 2.24) is 4.98 Å². The number of benzene rings is 1. The van der Waals surface area contributed by atoms with Crippen LogP contribution in [0.25, 0.3) is 11.0 Å². The summed E-state index contributed by atoms with van der Waals surface area (Å²) < 4.78 is 5.41. The molecule has 3 aromatic rings. The molecule has 2 heterocycles. The van der Waals surface area contributed by atoms with Crippen molar-refractivity contribution in [2.24, 2.45) is 0 Å². The van der Waals surface area contributed by atoms with Gasteiger partial charge in [0.1, 0.15) is 11.4 Å². The van der Waals surface area contributed by atoms with Gasteiger partial charge in [0.15, 0.2) is 0 Å². The van der Waals surface area contributed by atoms with E-state index in [0.29, 0.717) is 6.04 Å². The number of hydrogen-bond acceptors (Lipinski definition) is 4. The minimum Gasteiger partial charge on any atom is -0.464 e. The van der Waals surface area contributed by atoms with Crippen LogP contribution in [-0.2, 0) is 6.42 Å². The van der Waals surface area contributed by atoms with Gasteiger partial charge in [-0.15, -0.1) is 0 Å². The van der Waals surface area contributed by atoms with Gasteiger partial charge in [-0.25, -0.2) is 4.98 Å². The monoisotopic (exact) mass is 265 g/mol. The molecule has 0 saturated carbocycles. The molecular formula is C16H15N3O. The second kappa shape index (κ2) is 4.27. The Bertz CT molecular complexity index is 778. The summed E-state index contributed by atoms with van der Waals surface area (Å²) in [6, 6.07) is 10.3. The lowest BCUT2D eigenvalue weighted by atomic mass is 10.1. The lowest BCUT2D eigenvalue weighted by Crippen LogP contribution is -2.08. The van der Waals surface area contributed by atoms with Crippen LogP contribution in [-0.4, -0.2) is 4.98 Å². The topological polar surface area (TPSA) is 64.1 Å². The molecule has 1 aromatic carbocycles. The molecule has 0 amide bonds. The molecule has 0 aliphatic heterocycles. The van der Waals surface area contributed by atoms with Crippen molar-refractivity contribution in [3.63, 3.8) is 0 Å². The molecule has 4 rings (SSSR count). The first-order chi connectivity index (χ1) is 9.81. The number of aromatic nitrogens is 1. The number of hydrogen-bond donors (Lipinski definition) is 2. The largest absolute Gasteiger partial charge is 0.464 e. The highest BCUT2D eigenvalue weighted by Gasteiger charge is 2.23. The number of fused-ring (bicyclic) bond motifs is 2. The van der Waals surface area contributed by atoms with Crippen molar-refractivity contribution in [2.75, 3.05) is 11.1 Å². The van der Waals surface area contributed by atoms with Gasteiger partial charge in [-0.05, 0) is 48.2 Å². The van der Waals surface area contributed by atoms with Gasteiger partial charge in [-0.1, -0.05) is 6.07 Å². The van der Waals surface area contributed by atoms with E-state index in [1.54, 1.807) is 12.5 Å². The smallest absolute Gasteiger partial charge is 0.139 e. The number of rotatable bonds is 2. The third kappa shape index (κ3) is 1.72. The summed E-state index contributed by atoms with van der Waals surface area (Å²) in [5, 5.41) is 4.56. The van der Waals surface area contributed by atoms with Crippen LogP contribution in [0.4, 0.5) is 11.5 Å². The standard InChI is InChI=1S/C16H15N3O/c17-11-2-3-12-10(9-11)1-4-14(12)19-16-13-6-8-20-15(13)5-7-18-16/h2-3,5-9,14H,1,4,17H2,(H,18,19). The Labute approximate surface area is 116 Å². The number of nitrogens with zero attached hydrogens (tertiary/aromatic N) is 1. The van der Waals surface area contributed by atoms with Gasteiger partial charge < -0.3 is 15.5 Å². The lowest BCUT2D eigenvalue weighted by molar-refractivity contribution is 0.615. The maximum absolute atomic E-state index is 5.84. The van der Waals surface area contributed by atoms with E-state index in [1.807, 2.05) is 18.2 Å². The Morgan fingerprint density at radius 1 is 1.25 bits per heavy atom. The quantitative estimate of drug-likeness (QED) is 0.696. The SMILES string of the molecule is Nc1ccc2c(c1)CCC2Nc1nccc2occc12. The lowest BCUT2D eigenvalue weighted by Gasteiger charge is -2.15. The van der Waals surface area contributed by atoms with Gasteiger partial charge in [0.2, 0.25) is 0 Å². The molecular weight excluding hydrogens is 250 g/mol. The molecule has 1 aliphatic carbocycles. The van der Waals surface area contributed by atoms with Crippen LogP contribution in [0.1, 0.15) is 23.6 Å². The first kappa shape index (κ1) is 11.3. The Balaban J connectivity index is 1.70. The van der Waals surface area contributed by atoms with Crippen molar-refractivity contribution in [1.29, 1.82) is 0 Å². The molecule has 0 saturated heterocycles. The van der Waals surface area contributed by atoms with Crippen LogP contribution in [0, 0.1) is 0 Å². The Hall–Kier alpha value is -2.49. The van der Waals surface area contributed by atoms with Crippen molar-refractivity contribution in [3.05, 3.63) is 53.9 Å². The molecule has 1 unspecified atom stereocenters. The summed E-state index contributed by atoms with van der Waals surface area (Å²) in [5.41, 5.74) is 10.2. The Morgan fingerprint density at radius 3 is 3.15 bits per heavy atom. The fraction of sp³-hybridized carbons (Fsp3) is 0.188. The van der Waals surface area contributed by atoms with E-state index in [0.717, 1.165) is 35.3 Å². The maximum Gasteiger partial charge on any atom is 0.139 e. The summed E-state index contributed by atoms with van der Waals surface area (Å²) in [6.07, 6.45) is 5.59. The summed E-state index contributed by atoms with van der Waals surface area (Å²) in [7, 11) is 0. The minimum absolute atomic E-state index is 0.290. The van der Waals surface area contributed by atoms with E-state index in [9.17, 15) is 0 Å². The van der Waals surface area contributed by atoms with Gasteiger partial charge in [-0.2, -0.15) is 0 Å². The highest BCUT2D eigenvalue weighted by atomic mass is 16.3. The summed E-state index contributed by atoms with van der Waals surface area (Å²) >= 11 is 0. The van der Waals surface area contributed by atoms with Crippen molar-refractivity contribution >= 4 is 22.5 Å². The van der Waals surface area contributed by atoms with Gasteiger partial charge in [0.25, 0.3) is 0 Å². The van der Waals surface area contributed by atoms with Crippen LogP contribution in [0.3, 0.4) is 0 Å². The van der Waals surface area contributed by atoms with Gasteiger partial charge >= 0.3 is 0 Å². The molecule has 4 nitrogen and oxygen atoms in total. The number of nitrogen functional groups attached to an aromatic ring is 1. The third-order valence-electron chi connectivity index (χ3n) is 3.94. The van der Waals surface area contributed by atoms with E-state index in [2.05, 4.69) is 22.4 Å². The molecule has 0 fully saturated rings. The van der Waals surface area contributed by atoms with Crippen LogP contribution in [0.5, 0.6) is 0 Å². The second-order valence-electron chi connectivity index (χ2n) is 5.19. The molecule has 20 heavy (non-hydrogen) atoms. The van der Waals surface area contributed by atoms with Crippen molar-refractivity contribution in [3.8, 4) is 0 Å². The fourth-order valence-corrected chi connectivity index (χ4v) is 2.96. The number of aryl methyl sites for hydroxylation is 1. The number of nitrogens with one attached hydrogen (secondary N) is 1. The summed E-state index contributed by atoms with van der Waals surface area (Å²) in [6.45, 7) is 0. The van der Waals surface area contributed by atoms with E-state index in [-0.39, 0.29) is 0 Å². The van der Waals surface area contributed by atoms with E-state index in [4.69, 9.17) is 10.2 Å². The van der Waals surface area contributed by atoms with Crippen LogP contribution < -0.4 is 11.1 Å². The number of nitrogens with two attached hydrogens (primary N) is 1. The highest BCUT2D eigenvalue weighted by molar-refractivity contribution is 5.88. The third-order valence-corrected chi connectivity index (χ3v) is 3.94. The predicted molar refractivity (Wildman–Crippen MR) is 79.5 cm³/mol. The molecule has 0 radical (unpaired) electrons. The number of pyridine rings is 1. The molecule has 0 bridgehead atoms. The zero-order valence-corrected chi connectivity index (χ0v) is 11.0. The van der Waals surface area contributed by atoms with Crippen LogP contribution in [0.15, 0.2) is 47.2 Å². The predicted octanol–water partition coefficient (Wildman–Crippen LogP) is 3.51. The Morgan fingerprint density at radius 2 is 2.20 bits per heavy atom. The molecule has 1 aliphatic rings. The fourth-order valence-electron chi connectivity index (χ4n) is 2.96. The zero-order valence-electron chi connectivity index (χ0n) is 11.0. The average Bonchev–Trinajstić information content (AvgIpc) is 3.06. The molecule has 100 valence electrons. The van der Waals surface area contributed by atoms with Crippen molar-refractivity contribution in [2.45, 2.75) is 18.9 Å². The number of furan rings is 1. The average molecular weight is 265 g/mol. The van der Waals surface area contributed by atoms with E-state index in [1.165, 1.54) is 11.1 Å². The minimum atomic E-state index is 0.290. The molecule has 1 atom stereocenters. The van der Waals surface area contributed by atoms with Crippen LogP contribution >= 0.6 is 0 Å². The van der Waals surface area contributed by atoms with E-state index >= 15 is 0 Å². The second-order valence-corrected chi connectivity index (χ2v) is 5.19. The van der Waals surface area contributed by atoms with Gasteiger partial charge in [-0.3, -0.25) is 0 Å². The maximum atomic E-state index is 5.84. The Kier molecular flexibility index (Phi) is 2.42. The van der Waals surface area contributed by atoms with Gasteiger partial charge in [0, 0.05) is 11.9 Å². The molecule has 0 spiro atoms.